The summed E-state index contributed by atoms with van der Waals surface area (Å²) in [6.45, 7) is 6.12. The molecule has 3 fully saturated rings. The van der Waals surface area contributed by atoms with Gasteiger partial charge in [0, 0.05) is 33.0 Å². The molecule has 0 aliphatic carbocycles. The van der Waals surface area contributed by atoms with E-state index in [4.69, 9.17) is 0 Å². The van der Waals surface area contributed by atoms with Crippen molar-refractivity contribution in [2.45, 2.75) is 57.8 Å². The summed E-state index contributed by atoms with van der Waals surface area (Å²) in [5.74, 6) is -1.67. The average Bonchev–Trinajstić information content (AvgIpc) is 3.65. The minimum Gasteiger partial charge on any atom is -0.355 e. The topological polar surface area (TPSA) is 98.8 Å². The second-order valence-electron chi connectivity index (χ2n) is 11.6. The normalized spacial score (nSPS) is 26.8. The molecule has 1 spiro atoms. The number of amides is 4. The lowest BCUT2D eigenvalue weighted by molar-refractivity contribution is -0.146. The molecule has 3 aliphatic rings. The van der Waals surface area contributed by atoms with Crippen LogP contribution in [0.2, 0.25) is 0 Å². The van der Waals surface area contributed by atoms with E-state index < -0.39 is 41.4 Å². The second kappa shape index (κ2) is 11.0. The molecule has 5 rings (SSSR count). The van der Waals surface area contributed by atoms with Crippen molar-refractivity contribution in [2.24, 2.45) is 11.3 Å². The van der Waals surface area contributed by atoms with Crippen LogP contribution in [0, 0.1) is 11.3 Å². The molecule has 0 radical (unpaired) electrons. The zero-order valence-corrected chi connectivity index (χ0v) is 23.2. The Kier molecular flexibility index (Phi) is 7.66. The number of benzene rings is 2. The molecule has 2 aromatic rings. The third-order valence-electron chi connectivity index (χ3n) is 8.82. The molecule has 5 unspecified atom stereocenters. The molecule has 3 aliphatic heterocycles. The van der Waals surface area contributed by atoms with Gasteiger partial charge < -0.3 is 20.4 Å². The van der Waals surface area contributed by atoms with Gasteiger partial charge in [0.15, 0.2) is 0 Å². The van der Waals surface area contributed by atoms with Crippen molar-refractivity contribution < 1.29 is 23.6 Å². The van der Waals surface area contributed by atoms with E-state index in [9.17, 15) is 23.6 Å². The SMILES string of the molecule is CC(=O)N1CCC2(C1)C(=O)NCC2C(=O)N1CC(F)CC1C(=O)NC(c1ccccc1)c1ccc(C(C)C)cc1. The summed E-state index contributed by atoms with van der Waals surface area (Å²) in [6.07, 6.45) is -1.09. The quantitative estimate of drug-likeness (QED) is 0.580. The highest BCUT2D eigenvalue weighted by Crippen LogP contribution is 2.43. The number of hydrogen-bond acceptors (Lipinski definition) is 4. The number of alkyl halides is 1. The van der Waals surface area contributed by atoms with Gasteiger partial charge in [-0.15, -0.1) is 0 Å². The predicted octanol–water partition coefficient (Wildman–Crippen LogP) is 2.94. The summed E-state index contributed by atoms with van der Waals surface area (Å²) in [5, 5.41) is 5.88. The molecule has 2 N–H and O–H groups in total. The van der Waals surface area contributed by atoms with Crippen molar-refractivity contribution in [3.63, 3.8) is 0 Å². The van der Waals surface area contributed by atoms with E-state index >= 15 is 0 Å². The number of carbonyl (C=O) groups is 4. The minimum absolute atomic E-state index is 0.105. The van der Waals surface area contributed by atoms with Gasteiger partial charge in [0.1, 0.15) is 12.2 Å². The zero-order chi connectivity index (χ0) is 28.6. The van der Waals surface area contributed by atoms with Crippen molar-refractivity contribution in [1.29, 1.82) is 0 Å². The molecule has 0 aromatic heterocycles. The first kappa shape index (κ1) is 27.8. The molecule has 212 valence electrons. The molecular formula is C31H37FN4O4. The largest absolute Gasteiger partial charge is 0.355 e. The molecule has 8 nitrogen and oxygen atoms in total. The zero-order valence-electron chi connectivity index (χ0n) is 23.2. The van der Waals surface area contributed by atoms with Crippen LogP contribution in [0.5, 0.6) is 0 Å². The van der Waals surface area contributed by atoms with E-state index in [0.29, 0.717) is 18.9 Å². The Balaban J connectivity index is 1.39. The van der Waals surface area contributed by atoms with Crippen LogP contribution in [0.1, 0.15) is 62.3 Å². The van der Waals surface area contributed by atoms with Crippen LogP contribution in [0.4, 0.5) is 4.39 Å². The van der Waals surface area contributed by atoms with Gasteiger partial charge in [-0.25, -0.2) is 4.39 Å². The molecule has 2 aromatic carbocycles. The number of likely N-dealkylation sites (tertiary alicyclic amines) is 2. The Morgan fingerprint density at radius 2 is 1.68 bits per heavy atom. The molecule has 5 atom stereocenters. The highest BCUT2D eigenvalue weighted by Gasteiger charge is 2.59. The smallest absolute Gasteiger partial charge is 0.243 e. The van der Waals surface area contributed by atoms with Crippen LogP contribution in [0.3, 0.4) is 0 Å². The van der Waals surface area contributed by atoms with E-state index in [1.807, 2.05) is 54.6 Å². The lowest BCUT2D eigenvalue weighted by Crippen LogP contribution is -2.52. The van der Waals surface area contributed by atoms with E-state index in [0.717, 1.165) is 11.1 Å². The van der Waals surface area contributed by atoms with Crippen molar-refractivity contribution in [3.8, 4) is 0 Å². The maximum Gasteiger partial charge on any atom is 0.243 e. The van der Waals surface area contributed by atoms with Gasteiger partial charge in [0.25, 0.3) is 0 Å². The number of nitrogens with one attached hydrogen (secondary N) is 2. The first-order valence-electron chi connectivity index (χ1n) is 14.0. The Morgan fingerprint density at radius 3 is 2.30 bits per heavy atom. The van der Waals surface area contributed by atoms with Crippen molar-refractivity contribution >= 4 is 23.6 Å². The van der Waals surface area contributed by atoms with Crippen molar-refractivity contribution in [3.05, 3.63) is 71.3 Å². The number of carbonyl (C=O) groups excluding carboxylic acids is 4. The number of hydrogen-bond donors (Lipinski definition) is 2. The number of rotatable bonds is 6. The monoisotopic (exact) mass is 548 g/mol. The average molecular weight is 549 g/mol. The molecule has 3 heterocycles. The molecule has 3 saturated heterocycles. The Morgan fingerprint density at radius 1 is 1.02 bits per heavy atom. The summed E-state index contributed by atoms with van der Waals surface area (Å²) in [6, 6.07) is 16.1. The molecule has 0 saturated carbocycles. The van der Waals surface area contributed by atoms with Gasteiger partial charge in [-0.3, -0.25) is 19.2 Å². The fourth-order valence-electron chi connectivity index (χ4n) is 6.41. The molecule has 9 heteroatoms. The summed E-state index contributed by atoms with van der Waals surface area (Å²) in [7, 11) is 0. The number of nitrogens with zero attached hydrogens (tertiary/aromatic N) is 2. The van der Waals surface area contributed by atoms with Crippen LogP contribution >= 0.6 is 0 Å². The van der Waals surface area contributed by atoms with Crippen molar-refractivity contribution in [1.82, 2.24) is 20.4 Å². The highest BCUT2D eigenvalue weighted by molar-refractivity contribution is 5.97. The predicted molar refractivity (Wildman–Crippen MR) is 148 cm³/mol. The fourth-order valence-corrected chi connectivity index (χ4v) is 6.41. The standard InChI is InChI=1S/C31H37FN4O4/c1-19(2)21-9-11-23(12-10-21)27(22-7-5-4-6-8-22)34-28(38)26-15-24(32)17-36(26)29(39)25-16-33-30(40)31(25)13-14-35(18-31)20(3)37/h4-12,19,24-27H,13-18H2,1-3H3,(H,33,40)(H,34,38). The Hall–Kier alpha value is -3.75. The van der Waals surface area contributed by atoms with E-state index in [-0.39, 0.29) is 37.9 Å². The van der Waals surface area contributed by atoms with Gasteiger partial charge in [0.05, 0.1) is 23.9 Å². The second-order valence-corrected chi connectivity index (χ2v) is 11.6. The van der Waals surface area contributed by atoms with Crippen LogP contribution < -0.4 is 10.6 Å². The van der Waals surface area contributed by atoms with Crippen LogP contribution in [-0.2, 0) is 19.2 Å². The third kappa shape index (κ3) is 5.09. The molecule has 4 amide bonds. The molecule has 40 heavy (non-hydrogen) atoms. The van der Waals surface area contributed by atoms with Crippen LogP contribution in [0.25, 0.3) is 0 Å². The lowest BCUT2D eigenvalue weighted by Gasteiger charge is -2.33. The van der Waals surface area contributed by atoms with Gasteiger partial charge >= 0.3 is 0 Å². The van der Waals surface area contributed by atoms with Crippen LogP contribution in [0.15, 0.2) is 54.6 Å². The Bertz CT molecular complexity index is 1280. The van der Waals surface area contributed by atoms with Gasteiger partial charge in [0.2, 0.25) is 23.6 Å². The van der Waals surface area contributed by atoms with E-state index in [2.05, 4.69) is 24.5 Å². The van der Waals surface area contributed by atoms with Gasteiger partial charge in [-0.2, -0.15) is 0 Å². The fraction of sp³-hybridized carbons (Fsp3) is 0.484. The minimum atomic E-state index is -1.35. The van der Waals surface area contributed by atoms with Crippen molar-refractivity contribution in [2.75, 3.05) is 26.2 Å². The van der Waals surface area contributed by atoms with Gasteiger partial charge in [-0.1, -0.05) is 68.4 Å². The lowest BCUT2D eigenvalue weighted by atomic mass is 9.75. The maximum absolute atomic E-state index is 14.8. The maximum atomic E-state index is 14.8. The Labute approximate surface area is 234 Å². The highest BCUT2D eigenvalue weighted by atomic mass is 19.1. The molecule has 0 bridgehead atoms. The third-order valence-corrected chi connectivity index (χ3v) is 8.82. The molecular weight excluding hydrogens is 511 g/mol. The summed E-state index contributed by atoms with van der Waals surface area (Å²) < 4.78 is 14.8. The van der Waals surface area contributed by atoms with E-state index in [1.165, 1.54) is 17.4 Å². The first-order chi connectivity index (χ1) is 19.1. The summed E-state index contributed by atoms with van der Waals surface area (Å²) >= 11 is 0. The van der Waals surface area contributed by atoms with Gasteiger partial charge in [-0.05, 0) is 29.0 Å². The van der Waals surface area contributed by atoms with E-state index in [1.54, 1.807) is 4.90 Å². The first-order valence-corrected chi connectivity index (χ1v) is 14.0. The van der Waals surface area contributed by atoms with Crippen LogP contribution in [-0.4, -0.2) is 71.8 Å². The number of halogens is 1. The summed E-state index contributed by atoms with van der Waals surface area (Å²) in [5.41, 5.74) is 1.89. The summed E-state index contributed by atoms with van der Waals surface area (Å²) in [4.78, 5) is 55.5.